The molecule has 3 aromatic rings. The van der Waals surface area contributed by atoms with Crippen LogP contribution in [0.15, 0.2) is 48.8 Å². The molecule has 0 saturated heterocycles. The minimum atomic E-state index is -0.147. The average Bonchev–Trinajstić information content (AvgIpc) is 3.39. The Bertz CT molecular complexity index is 960. The molecule has 0 bridgehead atoms. The lowest BCUT2D eigenvalue weighted by Crippen LogP contribution is -2.33. The summed E-state index contributed by atoms with van der Waals surface area (Å²) in [4.78, 5) is 21.0. The normalized spacial score (nSPS) is 14.5. The summed E-state index contributed by atoms with van der Waals surface area (Å²) in [5.74, 6) is 0.317. The van der Waals surface area contributed by atoms with E-state index in [1.165, 1.54) is 0 Å². The maximum atomic E-state index is 12.5. The Balaban J connectivity index is 1.33. The molecule has 144 valence electrons. The minimum Gasteiger partial charge on any atom is -0.351 e. The number of aryl methyl sites for hydroxylation is 2. The molecule has 1 fully saturated rings. The van der Waals surface area contributed by atoms with Crippen molar-refractivity contribution in [2.45, 2.75) is 33.2 Å². The fourth-order valence-electron chi connectivity index (χ4n) is 3.25. The molecule has 1 amide bonds. The van der Waals surface area contributed by atoms with E-state index in [1.807, 2.05) is 41.9 Å². The van der Waals surface area contributed by atoms with Gasteiger partial charge in [-0.25, -0.2) is 9.97 Å². The van der Waals surface area contributed by atoms with Crippen molar-refractivity contribution in [1.29, 1.82) is 0 Å². The van der Waals surface area contributed by atoms with Crippen LogP contribution in [0, 0.1) is 19.3 Å². The number of aromatic nitrogens is 4. The van der Waals surface area contributed by atoms with Crippen LogP contribution in [-0.4, -0.2) is 32.2 Å². The summed E-state index contributed by atoms with van der Waals surface area (Å²) in [6.07, 6.45) is 5.30. The number of anilines is 2. The highest BCUT2D eigenvalue weighted by Gasteiger charge is 2.43. The van der Waals surface area contributed by atoms with Crippen molar-refractivity contribution in [3.05, 3.63) is 65.7 Å². The first-order chi connectivity index (χ1) is 13.5. The fraction of sp³-hybridized carbons (Fsp3) is 0.333. The Kier molecular flexibility index (Phi) is 4.81. The lowest BCUT2D eigenvalue weighted by atomic mass is 10.1. The van der Waals surface area contributed by atoms with Gasteiger partial charge in [-0.2, -0.15) is 5.10 Å². The highest BCUT2D eigenvalue weighted by molar-refractivity contribution is 5.93. The van der Waals surface area contributed by atoms with Crippen LogP contribution in [0.4, 0.5) is 11.6 Å². The molecule has 0 spiro atoms. The Morgan fingerprint density at radius 3 is 2.46 bits per heavy atom. The van der Waals surface area contributed by atoms with Crippen LogP contribution in [0.25, 0.3) is 0 Å². The number of benzene rings is 1. The molecular weight excluding hydrogens is 352 g/mol. The second kappa shape index (κ2) is 7.42. The summed E-state index contributed by atoms with van der Waals surface area (Å²) in [6, 6.07) is 11.8. The van der Waals surface area contributed by atoms with Crippen molar-refractivity contribution in [1.82, 2.24) is 25.1 Å². The molecule has 1 aliphatic rings. The average molecular weight is 376 g/mol. The van der Waals surface area contributed by atoms with Gasteiger partial charge in [0.05, 0.1) is 11.3 Å². The largest absolute Gasteiger partial charge is 0.351 e. The van der Waals surface area contributed by atoms with Gasteiger partial charge in [-0.05, 0) is 44.9 Å². The lowest BCUT2D eigenvalue weighted by molar-refractivity contribution is 0.0941. The van der Waals surface area contributed by atoms with Crippen LogP contribution in [0.2, 0.25) is 0 Å². The number of nitrogens with zero attached hydrogens (tertiary/aromatic N) is 4. The number of nitrogens with one attached hydrogen (secondary N) is 2. The lowest BCUT2D eigenvalue weighted by Gasteiger charge is -2.17. The van der Waals surface area contributed by atoms with Crippen molar-refractivity contribution < 1.29 is 4.79 Å². The monoisotopic (exact) mass is 376 g/mol. The second-order valence-electron chi connectivity index (χ2n) is 7.55. The summed E-state index contributed by atoms with van der Waals surface area (Å²) in [5.41, 5.74) is 3.65. The molecule has 0 atom stereocenters. The first-order valence-corrected chi connectivity index (χ1v) is 9.46. The van der Waals surface area contributed by atoms with E-state index in [0.29, 0.717) is 18.1 Å². The molecule has 0 aliphatic heterocycles. The summed E-state index contributed by atoms with van der Waals surface area (Å²) in [5, 5.41) is 10.7. The molecule has 28 heavy (non-hydrogen) atoms. The third-order valence-electron chi connectivity index (χ3n) is 5.11. The highest BCUT2D eigenvalue weighted by Crippen LogP contribution is 2.46. The van der Waals surface area contributed by atoms with Crippen molar-refractivity contribution in [2.24, 2.45) is 5.41 Å². The fourth-order valence-corrected chi connectivity index (χ4v) is 3.25. The Hall–Kier alpha value is -3.22. The Labute approximate surface area is 164 Å². The zero-order valence-electron chi connectivity index (χ0n) is 16.1. The van der Waals surface area contributed by atoms with Crippen molar-refractivity contribution in [3.8, 4) is 0 Å². The maximum absolute atomic E-state index is 12.5. The summed E-state index contributed by atoms with van der Waals surface area (Å²) in [7, 11) is 0. The molecule has 2 N–H and O–H groups in total. The van der Waals surface area contributed by atoms with E-state index >= 15 is 0 Å². The zero-order valence-corrected chi connectivity index (χ0v) is 16.1. The number of hydrogen-bond acceptors (Lipinski definition) is 5. The van der Waals surface area contributed by atoms with E-state index in [-0.39, 0.29) is 11.3 Å². The number of rotatable bonds is 7. The molecule has 2 heterocycles. The first-order valence-electron chi connectivity index (χ1n) is 9.46. The van der Waals surface area contributed by atoms with Crippen LogP contribution < -0.4 is 10.6 Å². The van der Waals surface area contributed by atoms with Crippen molar-refractivity contribution in [3.63, 3.8) is 0 Å². The van der Waals surface area contributed by atoms with Crippen LogP contribution in [0.5, 0.6) is 0 Å². The Morgan fingerprint density at radius 2 is 1.86 bits per heavy atom. The number of amides is 1. The van der Waals surface area contributed by atoms with Crippen molar-refractivity contribution in [2.75, 3.05) is 11.9 Å². The molecule has 7 nitrogen and oxygen atoms in total. The predicted octanol–water partition coefficient (Wildman–Crippen LogP) is 3.24. The molecular formula is C21H24N6O. The van der Waals surface area contributed by atoms with Gasteiger partial charge in [0.1, 0.15) is 0 Å². The number of carbonyl (C=O) groups is 1. The quantitative estimate of drug-likeness (QED) is 0.661. The Morgan fingerprint density at radius 1 is 1.14 bits per heavy atom. The van der Waals surface area contributed by atoms with Gasteiger partial charge in [0.2, 0.25) is 5.95 Å². The summed E-state index contributed by atoms with van der Waals surface area (Å²) >= 11 is 0. The smallest absolute Gasteiger partial charge is 0.254 e. The van der Waals surface area contributed by atoms with Gasteiger partial charge in [-0.3, -0.25) is 9.48 Å². The SMILES string of the molecule is Cc1cc(C)n(CC2(CNC(=O)c3cnc(Nc4ccccc4)nc3)CC2)n1. The van der Waals surface area contributed by atoms with Gasteiger partial charge < -0.3 is 10.6 Å². The van der Waals surface area contributed by atoms with Crippen LogP contribution in [0.3, 0.4) is 0 Å². The van der Waals surface area contributed by atoms with Gasteiger partial charge in [0.15, 0.2) is 0 Å². The van der Waals surface area contributed by atoms with Gasteiger partial charge in [0, 0.05) is 42.3 Å². The van der Waals surface area contributed by atoms with Crippen LogP contribution in [0.1, 0.15) is 34.6 Å². The van der Waals surface area contributed by atoms with Crippen LogP contribution in [-0.2, 0) is 6.54 Å². The van der Waals surface area contributed by atoms with E-state index in [4.69, 9.17) is 0 Å². The third-order valence-corrected chi connectivity index (χ3v) is 5.11. The minimum absolute atomic E-state index is 0.106. The van der Waals surface area contributed by atoms with Gasteiger partial charge in [-0.1, -0.05) is 18.2 Å². The molecule has 2 aromatic heterocycles. The molecule has 1 saturated carbocycles. The number of carbonyl (C=O) groups excluding carboxylic acids is 1. The molecule has 7 heteroatoms. The zero-order chi connectivity index (χ0) is 19.6. The summed E-state index contributed by atoms with van der Waals surface area (Å²) < 4.78 is 2.04. The third kappa shape index (κ3) is 4.19. The number of hydrogen-bond donors (Lipinski definition) is 2. The molecule has 1 aliphatic carbocycles. The topological polar surface area (TPSA) is 84.7 Å². The van der Waals surface area contributed by atoms with E-state index in [2.05, 4.69) is 38.7 Å². The van der Waals surface area contributed by atoms with Crippen LogP contribution >= 0.6 is 0 Å². The maximum Gasteiger partial charge on any atom is 0.254 e. The second-order valence-corrected chi connectivity index (χ2v) is 7.55. The first kappa shape index (κ1) is 18.2. The van der Waals surface area contributed by atoms with E-state index < -0.39 is 0 Å². The molecule has 1 aromatic carbocycles. The summed E-state index contributed by atoms with van der Waals surface area (Å²) in [6.45, 7) is 5.54. The van der Waals surface area contributed by atoms with Gasteiger partial charge in [-0.15, -0.1) is 0 Å². The standard InChI is InChI=1S/C21H24N6O/c1-15-10-16(2)27(26-15)14-21(8-9-21)13-24-19(28)17-11-22-20(23-12-17)25-18-6-4-3-5-7-18/h3-7,10-12H,8-9,13-14H2,1-2H3,(H,24,28)(H,22,23,25). The molecule has 0 radical (unpaired) electrons. The van der Waals surface area contributed by atoms with Crippen molar-refractivity contribution >= 4 is 17.5 Å². The number of para-hydroxylation sites is 1. The highest BCUT2D eigenvalue weighted by atomic mass is 16.1. The molecule has 0 unspecified atom stereocenters. The van der Waals surface area contributed by atoms with E-state index in [1.54, 1.807) is 12.4 Å². The predicted molar refractivity (Wildman–Crippen MR) is 107 cm³/mol. The van der Waals surface area contributed by atoms with Gasteiger partial charge >= 0.3 is 0 Å². The van der Waals surface area contributed by atoms with E-state index in [9.17, 15) is 4.79 Å². The molecule has 4 rings (SSSR count). The van der Waals surface area contributed by atoms with E-state index in [0.717, 1.165) is 36.5 Å². The van der Waals surface area contributed by atoms with Gasteiger partial charge in [0.25, 0.3) is 5.91 Å².